The van der Waals surface area contributed by atoms with Gasteiger partial charge in [0.2, 0.25) is 0 Å². The molecule has 0 aliphatic rings. The summed E-state index contributed by atoms with van der Waals surface area (Å²) in [7, 11) is 0. The van der Waals surface area contributed by atoms with Crippen molar-refractivity contribution < 1.29 is 19.4 Å². The van der Waals surface area contributed by atoms with Gasteiger partial charge in [0.1, 0.15) is 11.4 Å². The number of ether oxygens (including phenoxy) is 1. The Morgan fingerprint density at radius 3 is 2.57 bits per heavy atom. The van der Waals surface area contributed by atoms with E-state index in [1.807, 2.05) is 0 Å². The van der Waals surface area contributed by atoms with Crippen LogP contribution in [0.15, 0.2) is 12.7 Å². The first kappa shape index (κ1) is 13.0. The fraction of sp³-hybridized carbons (Fsp3) is 0.556. The van der Waals surface area contributed by atoms with Crippen LogP contribution in [0, 0.1) is 0 Å². The molecule has 1 N–H and O–H groups in total. The SMILES string of the molecule is C=CCOC(=O)C(C)(CC)SC(=O)O. The van der Waals surface area contributed by atoms with Crippen molar-refractivity contribution in [2.24, 2.45) is 0 Å². The molecule has 0 saturated carbocycles. The molecule has 4 nitrogen and oxygen atoms in total. The molecule has 0 aromatic heterocycles. The van der Waals surface area contributed by atoms with Gasteiger partial charge in [-0.3, -0.25) is 4.79 Å². The smallest absolute Gasteiger partial charge is 0.365 e. The molecule has 14 heavy (non-hydrogen) atoms. The van der Waals surface area contributed by atoms with Gasteiger partial charge in [0.15, 0.2) is 0 Å². The Morgan fingerprint density at radius 1 is 1.64 bits per heavy atom. The molecule has 0 aliphatic heterocycles. The van der Waals surface area contributed by atoms with Gasteiger partial charge in [-0.05, 0) is 25.1 Å². The third-order valence-corrected chi connectivity index (χ3v) is 2.83. The van der Waals surface area contributed by atoms with Crippen LogP contribution in [0.4, 0.5) is 4.79 Å². The highest BCUT2D eigenvalue weighted by atomic mass is 32.2. The highest BCUT2D eigenvalue weighted by molar-refractivity contribution is 8.14. The van der Waals surface area contributed by atoms with E-state index in [1.165, 1.54) is 6.08 Å². The minimum absolute atomic E-state index is 0.106. The molecule has 5 heteroatoms. The molecule has 0 saturated heterocycles. The van der Waals surface area contributed by atoms with Crippen molar-refractivity contribution in [1.82, 2.24) is 0 Å². The van der Waals surface area contributed by atoms with Gasteiger partial charge in [0.05, 0.1) is 0 Å². The van der Waals surface area contributed by atoms with E-state index in [0.29, 0.717) is 18.2 Å². The Balaban J connectivity index is 4.41. The van der Waals surface area contributed by atoms with Crippen LogP contribution in [0.2, 0.25) is 0 Å². The standard InChI is InChI=1S/C9H14O4S/c1-4-6-13-7(10)9(3,5-2)14-8(11)12/h4H,1,5-6H2,2-3H3,(H,11,12). The number of hydrogen-bond donors (Lipinski definition) is 1. The lowest BCUT2D eigenvalue weighted by Crippen LogP contribution is -2.34. The quantitative estimate of drug-likeness (QED) is 0.566. The monoisotopic (exact) mass is 218 g/mol. The molecule has 0 spiro atoms. The van der Waals surface area contributed by atoms with Gasteiger partial charge in [-0.1, -0.05) is 19.6 Å². The fourth-order valence-corrected chi connectivity index (χ4v) is 1.41. The first-order valence-electron chi connectivity index (χ1n) is 4.16. The zero-order valence-corrected chi connectivity index (χ0v) is 9.10. The first-order valence-corrected chi connectivity index (χ1v) is 4.98. The summed E-state index contributed by atoms with van der Waals surface area (Å²) in [6.07, 6.45) is 1.85. The van der Waals surface area contributed by atoms with E-state index in [2.05, 4.69) is 6.58 Å². The molecule has 1 atom stereocenters. The molecule has 1 unspecified atom stereocenters. The Hall–Kier alpha value is -0.970. The van der Waals surface area contributed by atoms with Crippen LogP contribution in [0.3, 0.4) is 0 Å². The van der Waals surface area contributed by atoms with Crippen molar-refractivity contribution >= 4 is 23.0 Å². The van der Waals surface area contributed by atoms with Gasteiger partial charge in [-0.2, -0.15) is 0 Å². The van der Waals surface area contributed by atoms with Crippen molar-refractivity contribution in [3.63, 3.8) is 0 Å². The van der Waals surface area contributed by atoms with E-state index in [0.717, 1.165) is 0 Å². The second-order valence-corrected chi connectivity index (χ2v) is 4.29. The summed E-state index contributed by atoms with van der Waals surface area (Å²) < 4.78 is 3.79. The van der Waals surface area contributed by atoms with E-state index < -0.39 is 16.0 Å². The second kappa shape index (κ2) is 5.70. The lowest BCUT2D eigenvalue weighted by Gasteiger charge is -2.22. The Kier molecular flexibility index (Phi) is 5.30. The van der Waals surface area contributed by atoms with Gasteiger partial charge in [0.25, 0.3) is 0 Å². The number of hydrogen-bond acceptors (Lipinski definition) is 4. The molecule has 0 bridgehead atoms. The van der Waals surface area contributed by atoms with Crippen molar-refractivity contribution in [3.8, 4) is 0 Å². The summed E-state index contributed by atoms with van der Waals surface area (Å²) in [5, 5.41) is 7.51. The van der Waals surface area contributed by atoms with Gasteiger partial charge in [-0.15, -0.1) is 0 Å². The molecule has 0 aromatic carbocycles. The van der Waals surface area contributed by atoms with E-state index in [4.69, 9.17) is 9.84 Å². The maximum Gasteiger partial charge on any atom is 0.365 e. The summed E-state index contributed by atoms with van der Waals surface area (Å²) in [5.41, 5.74) is 0. The topological polar surface area (TPSA) is 63.6 Å². The van der Waals surface area contributed by atoms with Crippen LogP contribution in [-0.4, -0.2) is 27.7 Å². The number of carbonyl (C=O) groups is 2. The summed E-state index contributed by atoms with van der Waals surface area (Å²) in [6.45, 7) is 6.80. The van der Waals surface area contributed by atoms with E-state index in [1.54, 1.807) is 13.8 Å². The maximum absolute atomic E-state index is 11.4. The molecule has 80 valence electrons. The predicted octanol–water partition coefficient (Wildman–Crippen LogP) is 2.30. The highest BCUT2D eigenvalue weighted by Gasteiger charge is 2.36. The van der Waals surface area contributed by atoms with E-state index in [-0.39, 0.29) is 6.61 Å². The minimum Gasteiger partial charge on any atom is -0.473 e. The number of carbonyl (C=O) groups excluding carboxylic acids is 1. The van der Waals surface area contributed by atoms with Gasteiger partial charge in [0, 0.05) is 0 Å². The van der Waals surface area contributed by atoms with Crippen LogP contribution in [-0.2, 0) is 9.53 Å². The van der Waals surface area contributed by atoms with E-state index >= 15 is 0 Å². The lowest BCUT2D eigenvalue weighted by atomic mass is 10.1. The molecular weight excluding hydrogens is 204 g/mol. The van der Waals surface area contributed by atoms with Gasteiger partial charge in [-0.25, -0.2) is 4.79 Å². The average molecular weight is 218 g/mol. The highest BCUT2D eigenvalue weighted by Crippen LogP contribution is 2.30. The molecule has 0 aliphatic carbocycles. The van der Waals surface area contributed by atoms with Crippen LogP contribution < -0.4 is 0 Å². The number of esters is 1. The van der Waals surface area contributed by atoms with Crippen LogP contribution in [0.25, 0.3) is 0 Å². The second-order valence-electron chi connectivity index (χ2n) is 2.84. The molecule has 0 radical (unpaired) electrons. The first-order chi connectivity index (χ1) is 6.46. The van der Waals surface area contributed by atoms with Gasteiger partial charge < -0.3 is 9.84 Å². The normalized spacial score (nSPS) is 14.1. The molecule has 0 heterocycles. The summed E-state index contributed by atoms with van der Waals surface area (Å²) >= 11 is 0.568. The van der Waals surface area contributed by atoms with Crippen molar-refractivity contribution in [3.05, 3.63) is 12.7 Å². The van der Waals surface area contributed by atoms with Crippen molar-refractivity contribution in [2.45, 2.75) is 25.0 Å². The molecule has 0 rings (SSSR count). The Morgan fingerprint density at radius 2 is 2.21 bits per heavy atom. The molecule has 0 amide bonds. The zero-order chi connectivity index (χ0) is 11.2. The lowest BCUT2D eigenvalue weighted by molar-refractivity contribution is -0.144. The minimum atomic E-state index is -1.08. The van der Waals surface area contributed by atoms with Crippen molar-refractivity contribution in [1.29, 1.82) is 0 Å². The third-order valence-electron chi connectivity index (χ3n) is 1.75. The van der Waals surface area contributed by atoms with Crippen LogP contribution in [0.1, 0.15) is 20.3 Å². The number of thioether (sulfide) groups is 1. The summed E-state index contributed by atoms with van der Waals surface area (Å²) in [5.74, 6) is -0.521. The fourth-order valence-electron chi connectivity index (χ4n) is 0.738. The third kappa shape index (κ3) is 3.83. The maximum atomic E-state index is 11.4. The van der Waals surface area contributed by atoms with Gasteiger partial charge >= 0.3 is 11.3 Å². The summed E-state index contributed by atoms with van der Waals surface area (Å²) in [4.78, 5) is 21.9. The largest absolute Gasteiger partial charge is 0.473 e. The number of carboxylic acid groups (broad SMARTS) is 1. The Labute approximate surface area is 87.3 Å². The van der Waals surface area contributed by atoms with E-state index in [9.17, 15) is 9.59 Å². The molecule has 0 aromatic rings. The molecule has 0 fully saturated rings. The summed E-state index contributed by atoms with van der Waals surface area (Å²) in [6, 6.07) is 0. The number of rotatable bonds is 5. The predicted molar refractivity (Wildman–Crippen MR) is 55.5 cm³/mol. The van der Waals surface area contributed by atoms with Crippen LogP contribution in [0.5, 0.6) is 0 Å². The van der Waals surface area contributed by atoms with Crippen LogP contribution >= 0.6 is 11.8 Å². The van der Waals surface area contributed by atoms with Crippen molar-refractivity contribution in [2.75, 3.05) is 6.61 Å². The Bertz CT molecular complexity index is 239. The zero-order valence-electron chi connectivity index (χ0n) is 8.28. The average Bonchev–Trinajstić information content (AvgIpc) is 2.12. The molecular formula is C9H14O4S.